The number of carbonyl (C=O) groups excluding carboxylic acids is 1. The molecule has 2 fully saturated rings. The van der Waals surface area contributed by atoms with Crippen LogP contribution in [0, 0.1) is 35.0 Å². The molecule has 0 aromatic rings. The second-order valence-electron chi connectivity index (χ2n) is 6.34. The molecule has 2 rings (SSSR count). The molecule has 0 spiro atoms. The number of hydrogen-bond donors (Lipinski definition) is 0. The first-order chi connectivity index (χ1) is 8.35. The van der Waals surface area contributed by atoms with E-state index in [0.717, 1.165) is 19.3 Å². The average Bonchev–Trinajstić information content (AvgIpc) is 2.87. The topological polar surface area (TPSA) is 50.1 Å². The monoisotopic (exact) mass is 247 g/mol. The zero-order valence-corrected chi connectivity index (χ0v) is 11.4. The van der Waals surface area contributed by atoms with Crippen LogP contribution in [0.25, 0.3) is 0 Å². The van der Waals surface area contributed by atoms with Gasteiger partial charge in [0.2, 0.25) is 0 Å². The standard InChI is InChI=1S/C15H21NO2/c1-9(2)14(17)18-15(3,4)13-7-10-5-11(13)6-12(10)8-16/h10-13H,1,5-7H2,2-4H3. The Morgan fingerprint density at radius 2 is 2.00 bits per heavy atom. The Morgan fingerprint density at radius 1 is 1.33 bits per heavy atom. The lowest BCUT2D eigenvalue weighted by atomic mass is 9.75. The number of carbonyl (C=O) groups is 1. The molecule has 0 aromatic heterocycles. The minimum atomic E-state index is -0.449. The molecule has 0 amide bonds. The van der Waals surface area contributed by atoms with Crippen molar-refractivity contribution in [3.05, 3.63) is 12.2 Å². The van der Waals surface area contributed by atoms with Crippen molar-refractivity contribution in [2.75, 3.05) is 0 Å². The summed E-state index contributed by atoms with van der Waals surface area (Å²) in [6, 6.07) is 2.40. The number of esters is 1. The number of nitrogens with zero attached hydrogens (tertiary/aromatic N) is 1. The van der Waals surface area contributed by atoms with Gasteiger partial charge in [-0.05, 0) is 51.9 Å². The first-order valence-electron chi connectivity index (χ1n) is 6.63. The zero-order valence-electron chi connectivity index (χ0n) is 11.4. The fourth-order valence-corrected chi connectivity index (χ4v) is 3.69. The van der Waals surface area contributed by atoms with Gasteiger partial charge in [0.25, 0.3) is 0 Å². The van der Waals surface area contributed by atoms with E-state index in [2.05, 4.69) is 12.6 Å². The Kier molecular flexibility index (Phi) is 3.23. The first-order valence-corrected chi connectivity index (χ1v) is 6.63. The van der Waals surface area contributed by atoms with Gasteiger partial charge in [0.1, 0.15) is 5.60 Å². The molecular weight excluding hydrogens is 226 g/mol. The summed E-state index contributed by atoms with van der Waals surface area (Å²) in [4.78, 5) is 11.7. The highest BCUT2D eigenvalue weighted by Crippen LogP contribution is 2.55. The molecule has 2 saturated carbocycles. The first kappa shape index (κ1) is 13.1. The van der Waals surface area contributed by atoms with E-state index in [1.807, 2.05) is 13.8 Å². The van der Waals surface area contributed by atoms with Crippen LogP contribution in [-0.2, 0) is 9.53 Å². The molecule has 4 atom stereocenters. The van der Waals surface area contributed by atoms with Gasteiger partial charge < -0.3 is 4.74 Å². The fourth-order valence-electron chi connectivity index (χ4n) is 3.69. The number of rotatable bonds is 3. The fraction of sp³-hybridized carbons (Fsp3) is 0.733. The van der Waals surface area contributed by atoms with Gasteiger partial charge in [0, 0.05) is 17.4 Å². The second kappa shape index (κ2) is 4.42. The Bertz CT molecular complexity index is 419. The van der Waals surface area contributed by atoms with Crippen LogP contribution < -0.4 is 0 Å². The number of hydrogen-bond acceptors (Lipinski definition) is 3. The van der Waals surface area contributed by atoms with E-state index in [1.165, 1.54) is 0 Å². The predicted molar refractivity (Wildman–Crippen MR) is 68.4 cm³/mol. The van der Waals surface area contributed by atoms with Gasteiger partial charge in [-0.2, -0.15) is 5.26 Å². The highest BCUT2D eigenvalue weighted by molar-refractivity contribution is 5.87. The molecule has 0 aromatic carbocycles. The van der Waals surface area contributed by atoms with Crippen LogP contribution >= 0.6 is 0 Å². The normalized spacial score (nSPS) is 34.1. The van der Waals surface area contributed by atoms with Crippen LogP contribution in [0.4, 0.5) is 0 Å². The van der Waals surface area contributed by atoms with Gasteiger partial charge in [-0.15, -0.1) is 0 Å². The van der Waals surface area contributed by atoms with Gasteiger partial charge in [-0.1, -0.05) is 6.58 Å². The minimum absolute atomic E-state index is 0.221. The highest BCUT2D eigenvalue weighted by atomic mass is 16.6. The maximum absolute atomic E-state index is 11.7. The Morgan fingerprint density at radius 3 is 2.44 bits per heavy atom. The SMILES string of the molecule is C=C(C)C(=O)OC(C)(C)C1CC2CC1CC2C#N. The van der Waals surface area contributed by atoms with E-state index in [0.29, 0.717) is 23.3 Å². The van der Waals surface area contributed by atoms with Crippen LogP contribution in [0.15, 0.2) is 12.2 Å². The molecule has 18 heavy (non-hydrogen) atoms. The lowest BCUT2D eigenvalue weighted by Gasteiger charge is -2.37. The Balaban J connectivity index is 2.04. The number of nitriles is 1. The summed E-state index contributed by atoms with van der Waals surface area (Å²) >= 11 is 0. The van der Waals surface area contributed by atoms with Gasteiger partial charge in [-0.25, -0.2) is 4.79 Å². The summed E-state index contributed by atoms with van der Waals surface area (Å²) in [6.45, 7) is 9.27. The third-order valence-electron chi connectivity index (χ3n) is 4.62. The average molecular weight is 247 g/mol. The quantitative estimate of drug-likeness (QED) is 0.569. The zero-order chi connectivity index (χ0) is 13.5. The third-order valence-corrected chi connectivity index (χ3v) is 4.62. The van der Waals surface area contributed by atoms with Crippen molar-refractivity contribution in [2.45, 2.75) is 45.6 Å². The van der Waals surface area contributed by atoms with E-state index < -0.39 is 5.60 Å². The summed E-state index contributed by atoms with van der Waals surface area (Å²) in [5.74, 6) is 1.34. The summed E-state index contributed by atoms with van der Waals surface area (Å²) < 4.78 is 5.58. The highest BCUT2D eigenvalue weighted by Gasteiger charge is 2.52. The minimum Gasteiger partial charge on any atom is -0.456 e. The molecule has 3 heteroatoms. The third kappa shape index (κ3) is 2.16. The molecule has 2 aliphatic carbocycles. The maximum Gasteiger partial charge on any atom is 0.333 e. The summed E-state index contributed by atoms with van der Waals surface area (Å²) in [5, 5.41) is 9.05. The number of ether oxygens (including phenoxy) is 1. The Labute approximate surface area is 109 Å². The molecule has 0 N–H and O–H groups in total. The second-order valence-corrected chi connectivity index (χ2v) is 6.34. The van der Waals surface area contributed by atoms with Crippen molar-refractivity contribution < 1.29 is 9.53 Å². The van der Waals surface area contributed by atoms with Gasteiger partial charge in [0.05, 0.1) is 6.07 Å². The molecule has 0 aliphatic heterocycles. The molecule has 0 heterocycles. The van der Waals surface area contributed by atoms with E-state index in [9.17, 15) is 4.79 Å². The lowest BCUT2D eigenvalue weighted by Crippen LogP contribution is -2.40. The van der Waals surface area contributed by atoms with Crippen LogP contribution in [0.3, 0.4) is 0 Å². The summed E-state index contributed by atoms with van der Waals surface area (Å²) in [5.41, 5.74) is -0.00304. The summed E-state index contributed by atoms with van der Waals surface area (Å²) in [7, 11) is 0. The molecular formula is C15H21NO2. The van der Waals surface area contributed by atoms with E-state index in [-0.39, 0.29) is 11.9 Å². The van der Waals surface area contributed by atoms with Gasteiger partial charge in [-0.3, -0.25) is 0 Å². The van der Waals surface area contributed by atoms with Crippen molar-refractivity contribution in [1.82, 2.24) is 0 Å². The number of fused-ring (bicyclic) bond motifs is 2. The lowest BCUT2D eigenvalue weighted by molar-refractivity contribution is -0.159. The molecule has 0 radical (unpaired) electrons. The smallest absolute Gasteiger partial charge is 0.333 e. The van der Waals surface area contributed by atoms with Crippen molar-refractivity contribution in [3.8, 4) is 6.07 Å². The van der Waals surface area contributed by atoms with E-state index >= 15 is 0 Å². The van der Waals surface area contributed by atoms with Crippen molar-refractivity contribution in [3.63, 3.8) is 0 Å². The largest absolute Gasteiger partial charge is 0.456 e. The van der Waals surface area contributed by atoms with Crippen LogP contribution in [-0.4, -0.2) is 11.6 Å². The molecule has 2 bridgehead atoms. The maximum atomic E-state index is 11.7. The van der Waals surface area contributed by atoms with Gasteiger partial charge >= 0.3 is 5.97 Å². The summed E-state index contributed by atoms with van der Waals surface area (Å²) in [6.07, 6.45) is 3.11. The van der Waals surface area contributed by atoms with Crippen LogP contribution in [0.5, 0.6) is 0 Å². The predicted octanol–water partition coefficient (Wildman–Crippen LogP) is 3.07. The van der Waals surface area contributed by atoms with Crippen molar-refractivity contribution >= 4 is 5.97 Å². The molecule has 4 unspecified atom stereocenters. The molecule has 0 saturated heterocycles. The Hall–Kier alpha value is -1.30. The van der Waals surface area contributed by atoms with E-state index in [1.54, 1.807) is 6.92 Å². The van der Waals surface area contributed by atoms with Gasteiger partial charge in [0.15, 0.2) is 0 Å². The van der Waals surface area contributed by atoms with Crippen molar-refractivity contribution in [2.24, 2.45) is 23.7 Å². The molecule has 98 valence electrons. The van der Waals surface area contributed by atoms with E-state index in [4.69, 9.17) is 10.00 Å². The molecule has 3 nitrogen and oxygen atoms in total. The van der Waals surface area contributed by atoms with Crippen LogP contribution in [0.2, 0.25) is 0 Å². The van der Waals surface area contributed by atoms with Crippen LogP contribution in [0.1, 0.15) is 40.0 Å². The molecule has 2 aliphatic rings. The van der Waals surface area contributed by atoms with Crippen molar-refractivity contribution in [1.29, 1.82) is 5.26 Å².